The lowest BCUT2D eigenvalue weighted by atomic mass is 9.76. The highest BCUT2D eigenvalue weighted by molar-refractivity contribution is 6.42. The van der Waals surface area contributed by atoms with Gasteiger partial charge in [-0.2, -0.15) is 10.1 Å². The lowest BCUT2D eigenvalue weighted by Gasteiger charge is -2.31. The molecule has 0 saturated heterocycles. The number of benzene rings is 3. The largest absolute Gasteiger partial charge is 0.480 e. The molecular formula is C36H41Cl3N4O4. The van der Waals surface area contributed by atoms with Crippen molar-refractivity contribution in [1.29, 1.82) is 0 Å². The van der Waals surface area contributed by atoms with Crippen molar-refractivity contribution in [2.75, 3.05) is 10.3 Å². The summed E-state index contributed by atoms with van der Waals surface area (Å²) in [5, 5.41) is 11.4. The summed E-state index contributed by atoms with van der Waals surface area (Å²) in [6, 6.07) is 15.7. The van der Waals surface area contributed by atoms with Crippen LogP contribution in [0.15, 0.2) is 59.7 Å². The SMILES string of the molecule is CCC(Oc1ccc(C(C)(C)CC)cc1C(C)(C)CC)C(=O)Nc1cccc(C(=O)NC2=NN(c3c(Cl)cc(Cl)cc3Cl)C(=O)C2)c1. The molecule has 250 valence electrons. The van der Waals surface area contributed by atoms with Crippen LogP contribution in [0.4, 0.5) is 11.4 Å². The molecule has 3 aromatic carbocycles. The first kappa shape index (κ1) is 36.2. The van der Waals surface area contributed by atoms with Gasteiger partial charge >= 0.3 is 0 Å². The summed E-state index contributed by atoms with van der Waals surface area (Å²) in [5.74, 6) is -0.457. The molecule has 1 aliphatic rings. The zero-order valence-electron chi connectivity index (χ0n) is 27.8. The van der Waals surface area contributed by atoms with Gasteiger partial charge in [0, 0.05) is 21.8 Å². The number of carbonyl (C=O) groups excluding carboxylic acids is 3. The third kappa shape index (κ3) is 8.29. The minimum atomic E-state index is -0.764. The van der Waals surface area contributed by atoms with E-state index in [9.17, 15) is 14.4 Å². The van der Waals surface area contributed by atoms with E-state index < -0.39 is 17.9 Å². The quantitative estimate of drug-likeness (QED) is 0.208. The van der Waals surface area contributed by atoms with Crippen LogP contribution in [0, 0.1) is 0 Å². The van der Waals surface area contributed by atoms with E-state index in [1.54, 1.807) is 24.3 Å². The summed E-state index contributed by atoms with van der Waals surface area (Å²) in [6.07, 6.45) is 1.40. The number of amidine groups is 1. The molecule has 4 rings (SSSR count). The van der Waals surface area contributed by atoms with E-state index in [1.165, 1.54) is 17.7 Å². The standard InChI is InChI=1S/C36H41Cl3N4O4/c1-8-28(47-29-15-14-22(35(4,5)9-2)17-25(29)36(6,7)10-3)34(46)40-24-13-11-12-21(16-24)33(45)41-30-20-31(44)43(42-30)32-26(38)18-23(37)19-27(32)39/h11-19,28H,8-10,20H2,1-7H3,(H,40,46)(H,41,42,45). The van der Waals surface area contributed by atoms with Crippen molar-refractivity contribution in [2.24, 2.45) is 5.10 Å². The van der Waals surface area contributed by atoms with E-state index in [0.717, 1.165) is 23.4 Å². The van der Waals surface area contributed by atoms with E-state index >= 15 is 0 Å². The highest BCUT2D eigenvalue weighted by Gasteiger charge is 2.31. The molecule has 2 N–H and O–H groups in total. The molecule has 3 amide bonds. The van der Waals surface area contributed by atoms with Crippen LogP contribution in [0.5, 0.6) is 5.75 Å². The van der Waals surface area contributed by atoms with Crippen LogP contribution in [0.1, 0.15) is 95.6 Å². The van der Waals surface area contributed by atoms with Crippen molar-refractivity contribution in [1.82, 2.24) is 5.32 Å². The maximum absolute atomic E-state index is 13.5. The van der Waals surface area contributed by atoms with Crippen molar-refractivity contribution < 1.29 is 19.1 Å². The van der Waals surface area contributed by atoms with Gasteiger partial charge in [-0.05, 0) is 72.1 Å². The zero-order valence-corrected chi connectivity index (χ0v) is 30.0. The Balaban J connectivity index is 1.49. The second-order valence-corrected chi connectivity index (χ2v) is 14.1. The number of hydrazone groups is 1. The van der Waals surface area contributed by atoms with Crippen molar-refractivity contribution in [2.45, 2.75) is 91.1 Å². The maximum atomic E-state index is 13.5. The predicted octanol–water partition coefficient (Wildman–Crippen LogP) is 9.30. The minimum absolute atomic E-state index is 0.00730. The van der Waals surface area contributed by atoms with E-state index in [1.807, 2.05) is 13.0 Å². The molecule has 0 aliphatic carbocycles. The molecule has 0 fully saturated rings. The fraction of sp³-hybridized carbons (Fsp3) is 0.389. The Morgan fingerprint density at radius 3 is 2.19 bits per heavy atom. The number of carbonyl (C=O) groups is 3. The summed E-state index contributed by atoms with van der Waals surface area (Å²) < 4.78 is 6.39. The smallest absolute Gasteiger partial charge is 0.265 e. The molecule has 1 atom stereocenters. The summed E-state index contributed by atoms with van der Waals surface area (Å²) in [6.45, 7) is 15.0. The monoisotopic (exact) mass is 698 g/mol. The summed E-state index contributed by atoms with van der Waals surface area (Å²) in [4.78, 5) is 39.3. The van der Waals surface area contributed by atoms with Crippen LogP contribution < -0.4 is 20.4 Å². The third-order valence-electron chi connectivity index (χ3n) is 8.81. The number of rotatable bonds is 11. The molecule has 3 aromatic rings. The number of nitrogens with zero attached hydrogens (tertiary/aromatic N) is 2. The first-order chi connectivity index (χ1) is 22.1. The van der Waals surface area contributed by atoms with Gasteiger partial charge in [0.25, 0.3) is 17.7 Å². The van der Waals surface area contributed by atoms with Gasteiger partial charge in [-0.15, -0.1) is 0 Å². The number of halogens is 3. The van der Waals surface area contributed by atoms with Crippen LogP contribution in [-0.2, 0) is 20.4 Å². The van der Waals surface area contributed by atoms with Gasteiger partial charge in [-0.3, -0.25) is 14.4 Å². The van der Waals surface area contributed by atoms with Gasteiger partial charge in [-0.25, -0.2) is 0 Å². The van der Waals surface area contributed by atoms with Crippen LogP contribution in [-0.4, -0.2) is 29.7 Å². The highest BCUT2D eigenvalue weighted by atomic mass is 35.5. The zero-order chi connectivity index (χ0) is 34.7. The summed E-state index contributed by atoms with van der Waals surface area (Å²) in [5.41, 5.74) is 3.00. The van der Waals surface area contributed by atoms with Crippen molar-refractivity contribution in [3.63, 3.8) is 0 Å². The lowest BCUT2D eigenvalue weighted by molar-refractivity contribution is -0.123. The molecule has 0 radical (unpaired) electrons. The van der Waals surface area contributed by atoms with Gasteiger partial charge in [0.15, 0.2) is 6.10 Å². The summed E-state index contributed by atoms with van der Waals surface area (Å²) >= 11 is 18.5. The Bertz CT molecular complexity index is 1700. The lowest BCUT2D eigenvalue weighted by Crippen LogP contribution is -2.33. The van der Waals surface area contributed by atoms with Crippen molar-refractivity contribution in [3.8, 4) is 5.75 Å². The first-order valence-electron chi connectivity index (χ1n) is 15.7. The molecule has 0 spiro atoms. The van der Waals surface area contributed by atoms with Crippen molar-refractivity contribution >= 4 is 69.7 Å². The second-order valence-electron chi connectivity index (χ2n) is 12.9. The van der Waals surface area contributed by atoms with Crippen LogP contribution >= 0.6 is 34.8 Å². The van der Waals surface area contributed by atoms with E-state index in [-0.39, 0.29) is 50.3 Å². The Morgan fingerprint density at radius 1 is 0.915 bits per heavy atom. The molecule has 0 bridgehead atoms. The van der Waals surface area contributed by atoms with E-state index in [0.29, 0.717) is 22.9 Å². The van der Waals surface area contributed by atoms with Crippen LogP contribution in [0.2, 0.25) is 15.1 Å². The number of ether oxygens (including phenoxy) is 1. The van der Waals surface area contributed by atoms with Crippen LogP contribution in [0.3, 0.4) is 0 Å². The van der Waals surface area contributed by atoms with Gasteiger partial charge in [0.05, 0.1) is 16.5 Å². The fourth-order valence-corrected chi connectivity index (χ4v) is 6.00. The molecule has 11 heteroatoms. The average molecular weight is 700 g/mol. The van der Waals surface area contributed by atoms with E-state index in [2.05, 4.69) is 69.4 Å². The number of nitrogens with one attached hydrogen (secondary N) is 2. The molecule has 0 saturated carbocycles. The van der Waals surface area contributed by atoms with Crippen LogP contribution in [0.25, 0.3) is 0 Å². The maximum Gasteiger partial charge on any atom is 0.265 e. The Morgan fingerprint density at radius 2 is 1.57 bits per heavy atom. The van der Waals surface area contributed by atoms with Gasteiger partial charge < -0.3 is 15.4 Å². The Kier molecular flexibility index (Phi) is 11.3. The molecule has 0 aromatic heterocycles. The predicted molar refractivity (Wildman–Crippen MR) is 191 cm³/mol. The first-order valence-corrected chi connectivity index (χ1v) is 16.8. The minimum Gasteiger partial charge on any atom is -0.480 e. The average Bonchev–Trinajstić information content (AvgIpc) is 3.37. The molecule has 1 aliphatic heterocycles. The molecule has 1 heterocycles. The third-order valence-corrected chi connectivity index (χ3v) is 9.60. The number of hydrogen-bond donors (Lipinski definition) is 2. The van der Waals surface area contributed by atoms with Gasteiger partial charge in [0.2, 0.25) is 0 Å². The summed E-state index contributed by atoms with van der Waals surface area (Å²) in [7, 11) is 0. The topological polar surface area (TPSA) is 100 Å². The van der Waals surface area contributed by atoms with Gasteiger partial charge in [0.1, 0.15) is 17.3 Å². The number of amides is 3. The number of anilines is 2. The Labute approximate surface area is 291 Å². The highest BCUT2D eigenvalue weighted by Crippen LogP contribution is 2.40. The molecule has 8 nitrogen and oxygen atoms in total. The normalized spacial score (nSPS) is 14.1. The number of hydrogen-bond acceptors (Lipinski definition) is 5. The van der Waals surface area contributed by atoms with Crippen molar-refractivity contribution in [3.05, 3.63) is 86.4 Å². The van der Waals surface area contributed by atoms with Gasteiger partial charge in [-0.1, -0.05) is 101 Å². The molecule has 47 heavy (non-hydrogen) atoms. The molecule has 1 unspecified atom stereocenters. The second kappa shape index (κ2) is 14.7. The Hall–Kier alpha value is -3.59. The molecular weight excluding hydrogens is 659 g/mol. The fourth-order valence-electron chi connectivity index (χ4n) is 5.03. The van der Waals surface area contributed by atoms with E-state index in [4.69, 9.17) is 39.5 Å².